The number of nitrogens with zero attached hydrogens (tertiary/aromatic N) is 3. The van der Waals surface area contributed by atoms with Gasteiger partial charge in [-0.3, -0.25) is 0 Å². The maximum atomic E-state index is 12.7. The summed E-state index contributed by atoms with van der Waals surface area (Å²) in [6, 6.07) is 1.82. The molecule has 1 saturated carbocycles. The first-order valence-electron chi connectivity index (χ1n) is 7.47. The van der Waals surface area contributed by atoms with E-state index in [0.29, 0.717) is 25.5 Å². The first-order valence-corrected chi connectivity index (χ1v) is 8.98. The number of aryl methyl sites for hydroxylation is 1. The molecule has 2 aliphatic rings. The van der Waals surface area contributed by atoms with E-state index in [0.717, 1.165) is 31.4 Å². The second-order valence-corrected chi connectivity index (χ2v) is 7.94. The van der Waals surface area contributed by atoms with Crippen LogP contribution in [-0.4, -0.2) is 47.6 Å². The lowest BCUT2D eigenvalue weighted by atomic mass is 10.3. The minimum absolute atomic E-state index is 0.213. The van der Waals surface area contributed by atoms with Crippen LogP contribution in [0.3, 0.4) is 0 Å². The van der Waals surface area contributed by atoms with E-state index in [1.165, 1.54) is 0 Å². The van der Waals surface area contributed by atoms with Gasteiger partial charge in [0.1, 0.15) is 6.10 Å². The molecule has 1 aromatic heterocycles. The Hall–Kier alpha value is -1.05. The van der Waals surface area contributed by atoms with Crippen molar-refractivity contribution >= 4 is 10.0 Å². The summed E-state index contributed by atoms with van der Waals surface area (Å²) in [6.07, 6.45) is 4.91. The predicted molar refractivity (Wildman–Crippen MR) is 78.2 cm³/mol. The largest absolute Gasteiger partial charge is 0.367 e. The van der Waals surface area contributed by atoms with Crippen molar-refractivity contribution in [3.63, 3.8) is 0 Å². The number of ether oxygens (including phenoxy) is 1. The molecule has 21 heavy (non-hydrogen) atoms. The zero-order valence-electron chi connectivity index (χ0n) is 12.2. The lowest BCUT2D eigenvalue weighted by Crippen LogP contribution is -2.46. The third kappa shape index (κ3) is 3.09. The van der Waals surface area contributed by atoms with Crippen LogP contribution in [0.15, 0.2) is 12.3 Å². The number of sulfonamides is 1. The highest BCUT2D eigenvalue weighted by Crippen LogP contribution is 2.30. The molecule has 0 bridgehead atoms. The van der Waals surface area contributed by atoms with Crippen LogP contribution in [0.2, 0.25) is 0 Å². The lowest BCUT2D eigenvalue weighted by Gasteiger charge is -2.33. The summed E-state index contributed by atoms with van der Waals surface area (Å²) in [7, 11) is -3.22. The van der Waals surface area contributed by atoms with Gasteiger partial charge in [0.25, 0.3) is 0 Å². The maximum absolute atomic E-state index is 12.7. The van der Waals surface area contributed by atoms with Crippen molar-refractivity contribution in [1.29, 1.82) is 0 Å². The Kier molecular flexibility index (Phi) is 4.24. The average Bonchev–Trinajstić information content (AvgIpc) is 3.02. The molecular weight excluding hydrogens is 290 g/mol. The minimum atomic E-state index is -3.22. The van der Waals surface area contributed by atoms with Gasteiger partial charge in [-0.15, -0.1) is 0 Å². The first kappa shape index (κ1) is 14.9. The molecular formula is C14H21N3O3S. The Labute approximate surface area is 125 Å². The molecule has 0 N–H and O–H groups in total. The normalized spacial score (nSPS) is 25.3. The Morgan fingerprint density at radius 3 is 2.81 bits per heavy atom. The van der Waals surface area contributed by atoms with Crippen molar-refractivity contribution in [2.24, 2.45) is 0 Å². The Morgan fingerprint density at radius 2 is 2.10 bits per heavy atom. The van der Waals surface area contributed by atoms with Crippen LogP contribution in [0.25, 0.3) is 0 Å². The van der Waals surface area contributed by atoms with Crippen LogP contribution in [0, 0.1) is 6.92 Å². The molecule has 1 aliphatic heterocycles. The molecule has 1 saturated heterocycles. The van der Waals surface area contributed by atoms with E-state index in [1.807, 2.05) is 13.0 Å². The van der Waals surface area contributed by atoms with E-state index in [9.17, 15) is 8.42 Å². The molecule has 3 rings (SSSR count). The number of hydrogen-bond acceptors (Lipinski definition) is 5. The van der Waals surface area contributed by atoms with Crippen molar-refractivity contribution in [1.82, 2.24) is 14.3 Å². The monoisotopic (exact) mass is 311 g/mol. The van der Waals surface area contributed by atoms with E-state index < -0.39 is 10.0 Å². The third-order valence-corrected chi connectivity index (χ3v) is 6.58. The second kappa shape index (κ2) is 5.98. The van der Waals surface area contributed by atoms with Crippen molar-refractivity contribution in [3.8, 4) is 0 Å². The lowest BCUT2D eigenvalue weighted by molar-refractivity contribution is -0.00788. The second-order valence-electron chi connectivity index (χ2n) is 5.73. The summed E-state index contributed by atoms with van der Waals surface area (Å²) >= 11 is 0. The molecule has 7 heteroatoms. The fourth-order valence-corrected chi connectivity index (χ4v) is 5.06. The Morgan fingerprint density at radius 1 is 1.33 bits per heavy atom. The molecule has 2 heterocycles. The van der Waals surface area contributed by atoms with Crippen LogP contribution in [0.5, 0.6) is 0 Å². The van der Waals surface area contributed by atoms with Gasteiger partial charge in [-0.25, -0.2) is 18.4 Å². The zero-order valence-corrected chi connectivity index (χ0v) is 13.1. The summed E-state index contributed by atoms with van der Waals surface area (Å²) in [5.74, 6) is 0.571. The van der Waals surface area contributed by atoms with Crippen LogP contribution in [0.1, 0.15) is 43.3 Å². The van der Waals surface area contributed by atoms with Gasteiger partial charge in [0, 0.05) is 25.0 Å². The van der Waals surface area contributed by atoms with Gasteiger partial charge in [0.15, 0.2) is 5.82 Å². The molecule has 116 valence electrons. The molecule has 1 aliphatic carbocycles. The number of morpholine rings is 1. The van der Waals surface area contributed by atoms with Crippen LogP contribution in [0.4, 0.5) is 0 Å². The predicted octanol–water partition coefficient (Wildman–Crippen LogP) is 1.43. The average molecular weight is 311 g/mol. The van der Waals surface area contributed by atoms with E-state index in [1.54, 1.807) is 10.5 Å². The van der Waals surface area contributed by atoms with E-state index >= 15 is 0 Å². The molecule has 0 aromatic carbocycles. The van der Waals surface area contributed by atoms with Crippen LogP contribution >= 0.6 is 0 Å². The maximum Gasteiger partial charge on any atom is 0.217 e. The van der Waals surface area contributed by atoms with Gasteiger partial charge in [-0.1, -0.05) is 12.8 Å². The molecule has 1 atom stereocenters. The molecule has 0 radical (unpaired) electrons. The molecule has 1 aromatic rings. The third-order valence-electron chi connectivity index (χ3n) is 4.21. The van der Waals surface area contributed by atoms with Crippen LogP contribution < -0.4 is 0 Å². The van der Waals surface area contributed by atoms with Gasteiger partial charge < -0.3 is 4.74 Å². The summed E-state index contributed by atoms with van der Waals surface area (Å²) in [4.78, 5) is 8.57. The standard InChI is InChI=1S/C14H21N3O3S/c1-11-6-7-15-14(16-11)13-10-17(8-9-20-13)21(18,19)12-4-2-3-5-12/h6-7,12-13H,2-5,8-10H2,1H3/t13-/m0/s1. The smallest absolute Gasteiger partial charge is 0.217 e. The molecule has 0 spiro atoms. The van der Waals surface area contributed by atoms with Crippen molar-refractivity contribution in [2.45, 2.75) is 44.0 Å². The topological polar surface area (TPSA) is 72.4 Å². The van der Waals surface area contributed by atoms with Gasteiger partial charge in [0.05, 0.1) is 11.9 Å². The summed E-state index contributed by atoms with van der Waals surface area (Å²) in [5.41, 5.74) is 0.861. The fraction of sp³-hybridized carbons (Fsp3) is 0.714. The summed E-state index contributed by atoms with van der Waals surface area (Å²) < 4.78 is 32.6. The van der Waals surface area contributed by atoms with Crippen molar-refractivity contribution in [3.05, 3.63) is 23.8 Å². The highest BCUT2D eigenvalue weighted by molar-refractivity contribution is 7.89. The number of hydrogen-bond donors (Lipinski definition) is 0. The highest BCUT2D eigenvalue weighted by Gasteiger charge is 2.37. The van der Waals surface area contributed by atoms with Gasteiger partial charge >= 0.3 is 0 Å². The molecule has 0 unspecified atom stereocenters. The van der Waals surface area contributed by atoms with Crippen LogP contribution in [-0.2, 0) is 14.8 Å². The van der Waals surface area contributed by atoms with E-state index in [4.69, 9.17) is 4.74 Å². The molecule has 2 fully saturated rings. The van der Waals surface area contributed by atoms with Gasteiger partial charge in [-0.2, -0.15) is 4.31 Å². The van der Waals surface area contributed by atoms with Gasteiger partial charge in [0.2, 0.25) is 10.0 Å². The minimum Gasteiger partial charge on any atom is -0.367 e. The number of rotatable bonds is 3. The highest BCUT2D eigenvalue weighted by atomic mass is 32.2. The Balaban J connectivity index is 1.76. The quantitative estimate of drug-likeness (QED) is 0.844. The first-order chi connectivity index (χ1) is 10.1. The van der Waals surface area contributed by atoms with E-state index in [-0.39, 0.29) is 11.4 Å². The van der Waals surface area contributed by atoms with Crippen molar-refractivity contribution < 1.29 is 13.2 Å². The van der Waals surface area contributed by atoms with Crippen molar-refractivity contribution in [2.75, 3.05) is 19.7 Å². The zero-order chi connectivity index (χ0) is 14.9. The Bertz CT molecular complexity index is 599. The van der Waals surface area contributed by atoms with Gasteiger partial charge in [-0.05, 0) is 25.8 Å². The summed E-state index contributed by atoms with van der Waals surface area (Å²) in [5, 5.41) is -0.213. The fourth-order valence-electron chi connectivity index (χ4n) is 3.03. The number of aromatic nitrogens is 2. The molecule has 0 amide bonds. The summed E-state index contributed by atoms with van der Waals surface area (Å²) in [6.45, 7) is 3.04. The van der Waals surface area contributed by atoms with E-state index in [2.05, 4.69) is 9.97 Å². The molecule has 6 nitrogen and oxygen atoms in total. The SMILES string of the molecule is Cc1ccnc([C@@H]2CN(S(=O)(=O)C3CCCC3)CCO2)n1.